The maximum atomic E-state index is 12.0. The van der Waals surface area contributed by atoms with E-state index in [0.29, 0.717) is 40.9 Å². The Kier molecular flexibility index (Phi) is 5.06. The van der Waals surface area contributed by atoms with Gasteiger partial charge >= 0.3 is 5.97 Å². The van der Waals surface area contributed by atoms with Crippen LogP contribution in [-0.2, 0) is 6.61 Å². The maximum absolute atomic E-state index is 12.0. The van der Waals surface area contributed by atoms with Crippen molar-refractivity contribution in [3.8, 4) is 5.75 Å². The van der Waals surface area contributed by atoms with E-state index in [9.17, 15) is 9.90 Å². The van der Waals surface area contributed by atoms with Gasteiger partial charge in [-0.25, -0.2) is 4.79 Å². The Hall–Kier alpha value is -2.98. The van der Waals surface area contributed by atoms with Gasteiger partial charge in [-0.2, -0.15) is 0 Å². The van der Waals surface area contributed by atoms with Crippen LogP contribution < -0.4 is 10.1 Å². The van der Waals surface area contributed by atoms with Crippen molar-refractivity contribution in [1.82, 2.24) is 0 Å². The van der Waals surface area contributed by atoms with E-state index in [1.165, 1.54) is 30.4 Å². The maximum Gasteiger partial charge on any atom is 0.337 e. The lowest BCUT2D eigenvalue weighted by Crippen LogP contribution is -2.36. The summed E-state index contributed by atoms with van der Waals surface area (Å²) in [6.07, 6.45) is 3.78. The molecule has 0 unspecified atom stereocenters. The summed E-state index contributed by atoms with van der Waals surface area (Å²) in [6, 6.07) is 21.8. The number of ether oxygens (including phenoxy) is 1. The normalized spacial score (nSPS) is 26.9. The molecule has 2 saturated carbocycles. The fraction of sp³-hybridized carbons (Fsp3) is 0.321. The molecule has 2 N–H and O–H groups in total. The summed E-state index contributed by atoms with van der Waals surface area (Å²) < 4.78 is 5.98. The highest BCUT2D eigenvalue weighted by Crippen LogP contribution is 2.64. The molecule has 4 nitrogen and oxygen atoms in total. The molecule has 1 heterocycles. The first kappa shape index (κ1) is 20.6. The second-order valence-corrected chi connectivity index (χ2v) is 9.99. The van der Waals surface area contributed by atoms with Crippen LogP contribution in [0.5, 0.6) is 5.75 Å². The van der Waals surface area contributed by atoms with Gasteiger partial charge in [0, 0.05) is 10.6 Å². The molecule has 1 aliphatic heterocycles. The number of hydrogen-bond donors (Lipinski definition) is 2. The van der Waals surface area contributed by atoms with Crippen molar-refractivity contribution < 1.29 is 14.6 Å². The smallest absolute Gasteiger partial charge is 0.337 e. The van der Waals surface area contributed by atoms with Gasteiger partial charge in [0.15, 0.2) is 0 Å². The van der Waals surface area contributed by atoms with E-state index in [-0.39, 0.29) is 6.04 Å². The van der Waals surface area contributed by atoms with E-state index >= 15 is 0 Å². The van der Waals surface area contributed by atoms with Gasteiger partial charge in [-0.05, 0) is 78.3 Å². The first-order valence-corrected chi connectivity index (χ1v) is 12.1. The number of aromatic carboxylic acids is 1. The minimum Gasteiger partial charge on any atom is -0.489 e. The standard InChI is InChI=1S/C28H26ClNO3/c29-23-7-2-1-4-19(23)15-33-20-12-10-16(11-13-20)26-25-18-9-8-17(14-18)24(25)21-5-3-6-22(28(31)32)27(21)30-26/h1-7,10-13,17-18,24-26,30H,8-9,14-15H2,(H,31,32)/t17-,18-,24-,25+,26+/m0/s1. The molecule has 0 radical (unpaired) electrons. The Morgan fingerprint density at radius 2 is 1.79 bits per heavy atom. The molecule has 3 aromatic carbocycles. The summed E-state index contributed by atoms with van der Waals surface area (Å²) in [4.78, 5) is 12.0. The Morgan fingerprint density at radius 3 is 2.58 bits per heavy atom. The second-order valence-electron chi connectivity index (χ2n) is 9.58. The van der Waals surface area contributed by atoms with Gasteiger partial charge in [0.25, 0.3) is 0 Å². The third kappa shape index (κ3) is 3.48. The monoisotopic (exact) mass is 459 g/mol. The molecule has 0 spiro atoms. The van der Waals surface area contributed by atoms with Crippen LogP contribution in [0.1, 0.15) is 58.3 Å². The van der Waals surface area contributed by atoms with Crippen molar-refractivity contribution in [2.75, 3.05) is 5.32 Å². The minimum absolute atomic E-state index is 0.107. The zero-order valence-corrected chi connectivity index (χ0v) is 19.0. The topological polar surface area (TPSA) is 58.6 Å². The lowest BCUT2D eigenvalue weighted by Gasteiger charge is -2.44. The first-order chi connectivity index (χ1) is 16.1. The Balaban J connectivity index is 1.29. The highest BCUT2D eigenvalue weighted by molar-refractivity contribution is 6.31. The molecular weight excluding hydrogens is 434 g/mol. The lowest BCUT2D eigenvalue weighted by atomic mass is 9.67. The highest BCUT2D eigenvalue weighted by Gasteiger charge is 2.54. The number of carbonyl (C=O) groups is 1. The molecule has 33 heavy (non-hydrogen) atoms. The summed E-state index contributed by atoms with van der Waals surface area (Å²) >= 11 is 6.25. The number of nitrogens with one attached hydrogen (secondary N) is 1. The molecule has 2 bridgehead atoms. The van der Waals surface area contributed by atoms with Crippen molar-refractivity contribution in [3.05, 3.63) is 94.0 Å². The van der Waals surface area contributed by atoms with Crippen molar-refractivity contribution in [2.24, 2.45) is 17.8 Å². The lowest BCUT2D eigenvalue weighted by molar-refractivity contribution is 0.0697. The van der Waals surface area contributed by atoms with Gasteiger partial charge in [0.05, 0.1) is 17.3 Å². The van der Waals surface area contributed by atoms with Gasteiger partial charge in [-0.3, -0.25) is 0 Å². The van der Waals surface area contributed by atoms with Gasteiger partial charge in [0.1, 0.15) is 12.4 Å². The van der Waals surface area contributed by atoms with E-state index in [2.05, 4.69) is 23.5 Å². The molecule has 5 heteroatoms. The number of halogens is 1. The molecule has 2 aliphatic carbocycles. The summed E-state index contributed by atoms with van der Waals surface area (Å²) in [5.41, 5.74) is 4.53. The largest absolute Gasteiger partial charge is 0.489 e. The van der Waals surface area contributed by atoms with E-state index in [4.69, 9.17) is 16.3 Å². The summed E-state index contributed by atoms with van der Waals surface area (Å²) in [5, 5.41) is 14.2. The predicted molar refractivity (Wildman–Crippen MR) is 129 cm³/mol. The van der Waals surface area contributed by atoms with Gasteiger partial charge in [-0.15, -0.1) is 0 Å². The van der Waals surface area contributed by atoms with Crippen molar-refractivity contribution in [3.63, 3.8) is 0 Å². The summed E-state index contributed by atoms with van der Waals surface area (Å²) in [6.45, 7) is 0.421. The third-order valence-electron chi connectivity index (χ3n) is 7.94. The van der Waals surface area contributed by atoms with Crippen molar-refractivity contribution in [1.29, 1.82) is 0 Å². The van der Waals surface area contributed by atoms with Gasteiger partial charge in [0.2, 0.25) is 0 Å². The average Bonchev–Trinajstić information content (AvgIpc) is 3.46. The quantitative estimate of drug-likeness (QED) is 0.435. The van der Waals surface area contributed by atoms with Crippen molar-refractivity contribution >= 4 is 23.3 Å². The zero-order valence-electron chi connectivity index (χ0n) is 18.2. The highest BCUT2D eigenvalue weighted by atomic mass is 35.5. The predicted octanol–water partition coefficient (Wildman–Crippen LogP) is 6.91. The molecule has 0 aromatic heterocycles. The fourth-order valence-electron chi connectivity index (χ4n) is 6.57. The van der Waals surface area contributed by atoms with Crippen LogP contribution in [-0.4, -0.2) is 11.1 Å². The molecule has 6 rings (SSSR count). The number of rotatable bonds is 5. The summed E-state index contributed by atoms with van der Waals surface area (Å²) in [5.74, 6) is 2.20. The third-order valence-corrected chi connectivity index (χ3v) is 8.31. The van der Waals surface area contributed by atoms with Crippen LogP contribution in [0.15, 0.2) is 66.7 Å². The first-order valence-electron chi connectivity index (χ1n) is 11.7. The Labute approximate surface area is 198 Å². The van der Waals surface area contributed by atoms with Crippen LogP contribution in [0.3, 0.4) is 0 Å². The van der Waals surface area contributed by atoms with E-state index in [0.717, 1.165) is 17.0 Å². The van der Waals surface area contributed by atoms with E-state index < -0.39 is 5.97 Å². The van der Waals surface area contributed by atoms with Crippen LogP contribution in [0.4, 0.5) is 5.69 Å². The molecule has 3 aromatic rings. The van der Waals surface area contributed by atoms with E-state index in [1.807, 2.05) is 42.5 Å². The second kappa shape index (κ2) is 8.11. The number of para-hydroxylation sites is 1. The van der Waals surface area contributed by atoms with Gasteiger partial charge in [-0.1, -0.05) is 54.1 Å². The number of fused-ring (bicyclic) bond motifs is 7. The molecular formula is C28H26ClNO3. The van der Waals surface area contributed by atoms with Gasteiger partial charge < -0.3 is 15.2 Å². The number of carboxylic acid groups (broad SMARTS) is 1. The minimum atomic E-state index is -0.872. The molecule has 3 aliphatic rings. The fourth-order valence-corrected chi connectivity index (χ4v) is 6.76. The Morgan fingerprint density at radius 1 is 1.00 bits per heavy atom. The number of anilines is 1. The van der Waals surface area contributed by atoms with Crippen LogP contribution >= 0.6 is 11.6 Å². The Bertz CT molecular complexity index is 1210. The number of hydrogen-bond acceptors (Lipinski definition) is 3. The van der Waals surface area contributed by atoms with E-state index in [1.54, 1.807) is 6.07 Å². The van der Waals surface area contributed by atoms with Crippen molar-refractivity contribution in [2.45, 2.75) is 37.8 Å². The number of carboxylic acids is 1. The molecule has 168 valence electrons. The van der Waals surface area contributed by atoms with Crippen LogP contribution in [0.25, 0.3) is 0 Å². The SMILES string of the molecule is O=C(O)c1cccc2c1N[C@H](c1ccc(OCc3ccccc3Cl)cc1)[C@@H]1[C@H]3CC[C@@H](C3)[C@@H]21. The summed E-state index contributed by atoms with van der Waals surface area (Å²) in [7, 11) is 0. The zero-order chi connectivity index (χ0) is 22.5. The molecule has 0 amide bonds. The van der Waals surface area contributed by atoms with Crippen LogP contribution in [0, 0.1) is 17.8 Å². The van der Waals surface area contributed by atoms with Crippen LogP contribution in [0.2, 0.25) is 5.02 Å². The average molecular weight is 460 g/mol. The molecule has 2 fully saturated rings. The molecule has 0 saturated heterocycles. The number of benzene rings is 3. The molecule has 5 atom stereocenters.